The van der Waals surface area contributed by atoms with Crippen molar-refractivity contribution in [2.45, 2.75) is 4.90 Å². The Morgan fingerprint density at radius 2 is 2.00 bits per heavy atom. The highest BCUT2D eigenvalue weighted by Gasteiger charge is 2.07. The largest absolute Gasteiger partial charge is 0.768 e. The Bertz CT molecular complexity index is 545. The van der Waals surface area contributed by atoms with Gasteiger partial charge in [-0.25, -0.2) is 0 Å². The molecule has 5 heteroatoms. The van der Waals surface area contributed by atoms with Gasteiger partial charge in [0.25, 0.3) is 0 Å². The van der Waals surface area contributed by atoms with Crippen LogP contribution in [0.5, 0.6) is 5.75 Å². The molecule has 2 aromatic rings. The molecule has 0 saturated heterocycles. The van der Waals surface area contributed by atoms with Crippen molar-refractivity contribution in [3.05, 3.63) is 30.3 Å². The van der Waals surface area contributed by atoms with E-state index in [0.717, 1.165) is 0 Å². The summed E-state index contributed by atoms with van der Waals surface area (Å²) in [5.41, 5.74) is 6.02. The molecule has 0 radical (unpaired) electrons. The summed E-state index contributed by atoms with van der Waals surface area (Å²) in [7, 11) is 0. The second kappa shape index (κ2) is 3.52. The van der Waals surface area contributed by atoms with E-state index in [9.17, 15) is 13.9 Å². The van der Waals surface area contributed by atoms with Gasteiger partial charge >= 0.3 is 0 Å². The fourth-order valence-electron chi connectivity index (χ4n) is 1.53. The maximum atomic E-state index is 10.9. The lowest BCUT2D eigenvalue weighted by Gasteiger charge is -2.11. The first-order valence-electron chi connectivity index (χ1n) is 4.20. The van der Waals surface area contributed by atoms with E-state index in [1.54, 1.807) is 12.1 Å². The third kappa shape index (κ3) is 1.55. The molecule has 0 bridgehead atoms. The number of fused-ring (bicyclic) bond motifs is 1. The van der Waals surface area contributed by atoms with E-state index in [-0.39, 0.29) is 10.6 Å². The first-order valence-corrected chi connectivity index (χ1v) is 5.28. The number of rotatable bonds is 1. The molecule has 0 heterocycles. The normalized spacial score (nSPS) is 12.9. The number of phenols is 1. The number of nitrogens with two attached hydrogens (primary N) is 1. The van der Waals surface area contributed by atoms with Crippen molar-refractivity contribution >= 4 is 27.5 Å². The Labute approximate surface area is 88.6 Å². The standard InChI is InChI=1S/C10H9NO3S/c11-7-4-5-9(15(13)14)6-2-1-3-8(12)10(6)7/h1-5,12H,11H2,(H,13,14)/p-1. The van der Waals surface area contributed by atoms with Crippen LogP contribution in [0.3, 0.4) is 0 Å². The molecule has 1 unspecified atom stereocenters. The molecule has 0 spiro atoms. The average molecular weight is 222 g/mol. The maximum absolute atomic E-state index is 10.9. The van der Waals surface area contributed by atoms with E-state index in [4.69, 9.17) is 5.73 Å². The first kappa shape index (κ1) is 9.95. The summed E-state index contributed by atoms with van der Waals surface area (Å²) in [6.07, 6.45) is 0. The fourth-order valence-corrected chi connectivity index (χ4v) is 2.06. The van der Waals surface area contributed by atoms with Crippen LogP contribution in [0.25, 0.3) is 10.8 Å². The summed E-state index contributed by atoms with van der Waals surface area (Å²) in [6.45, 7) is 0. The molecule has 0 fully saturated rings. The summed E-state index contributed by atoms with van der Waals surface area (Å²) in [4.78, 5) is 0.134. The van der Waals surface area contributed by atoms with Gasteiger partial charge in [-0.2, -0.15) is 0 Å². The van der Waals surface area contributed by atoms with Crippen molar-refractivity contribution in [2.75, 3.05) is 5.73 Å². The van der Waals surface area contributed by atoms with Crippen molar-refractivity contribution < 1.29 is 13.9 Å². The van der Waals surface area contributed by atoms with Gasteiger partial charge in [-0.1, -0.05) is 12.1 Å². The van der Waals surface area contributed by atoms with Crippen LogP contribution in [0.4, 0.5) is 5.69 Å². The molecule has 1 atom stereocenters. The Balaban J connectivity index is 2.95. The smallest absolute Gasteiger partial charge is 0.125 e. The van der Waals surface area contributed by atoms with Crippen molar-refractivity contribution in [1.82, 2.24) is 0 Å². The molecular formula is C10H8NO3S-. The minimum Gasteiger partial charge on any atom is -0.768 e. The van der Waals surface area contributed by atoms with Gasteiger partial charge in [-0.15, -0.1) is 0 Å². The molecule has 0 aliphatic rings. The van der Waals surface area contributed by atoms with E-state index >= 15 is 0 Å². The fraction of sp³-hybridized carbons (Fsp3) is 0. The van der Waals surface area contributed by atoms with Crippen LogP contribution in [0.15, 0.2) is 35.2 Å². The van der Waals surface area contributed by atoms with Gasteiger partial charge in [-0.3, -0.25) is 4.21 Å². The molecule has 2 rings (SSSR count). The molecule has 0 aromatic heterocycles. The highest BCUT2D eigenvalue weighted by atomic mass is 32.2. The monoisotopic (exact) mass is 222 g/mol. The van der Waals surface area contributed by atoms with E-state index in [1.807, 2.05) is 0 Å². The van der Waals surface area contributed by atoms with Gasteiger partial charge in [0.05, 0.1) is 0 Å². The van der Waals surface area contributed by atoms with Crippen LogP contribution < -0.4 is 5.73 Å². The summed E-state index contributed by atoms with van der Waals surface area (Å²) in [5.74, 6) is -0.0164. The average Bonchev–Trinajstić information content (AvgIpc) is 2.17. The first-order chi connectivity index (χ1) is 7.11. The van der Waals surface area contributed by atoms with Gasteiger partial charge in [-0.05, 0) is 29.3 Å². The van der Waals surface area contributed by atoms with E-state index < -0.39 is 11.1 Å². The summed E-state index contributed by atoms with van der Waals surface area (Å²) < 4.78 is 21.8. The summed E-state index contributed by atoms with van der Waals surface area (Å²) >= 11 is -2.34. The van der Waals surface area contributed by atoms with Gasteiger partial charge in [0.15, 0.2) is 0 Å². The number of anilines is 1. The van der Waals surface area contributed by atoms with Crippen LogP contribution in [0.2, 0.25) is 0 Å². The highest BCUT2D eigenvalue weighted by Crippen LogP contribution is 2.32. The number of nitrogen functional groups attached to an aromatic ring is 1. The quantitative estimate of drug-likeness (QED) is 0.563. The van der Waals surface area contributed by atoms with Crippen LogP contribution in [0, 0.1) is 0 Å². The Hall–Kier alpha value is -1.59. The zero-order valence-electron chi connectivity index (χ0n) is 7.64. The lowest BCUT2D eigenvalue weighted by molar-refractivity contribution is 0.482. The molecule has 15 heavy (non-hydrogen) atoms. The molecule has 4 nitrogen and oxygen atoms in total. The third-order valence-electron chi connectivity index (χ3n) is 2.19. The number of benzene rings is 2. The van der Waals surface area contributed by atoms with Crippen molar-refractivity contribution in [3.8, 4) is 5.75 Å². The minimum atomic E-state index is -2.34. The molecule has 0 aliphatic heterocycles. The zero-order valence-corrected chi connectivity index (χ0v) is 8.45. The van der Waals surface area contributed by atoms with Crippen molar-refractivity contribution in [1.29, 1.82) is 0 Å². The summed E-state index contributed by atoms with van der Waals surface area (Å²) in [6, 6.07) is 7.54. The number of phenolic OH excluding ortho intramolecular Hbond substituents is 1. The zero-order chi connectivity index (χ0) is 11.0. The van der Waals surface area contributed by atoms with E-state index in [0.29, 0.717) is 16.5 Å². The lowest BCUT2D eigenvalue weighted by Crippen LogP contribution is -1.94. The van der Waals surface area contributed by atoms with Crippen molar-refractivity contribution in [3.63, 3.8) is 0 Å². The van der Waals surface area contributed by atoms with E-state index in [2.05, 4.69) is 0 Å². The Morgan fingerprint density at radius 3 is 2.67 bits per heavy atom. The van der Waals surface area contributed by atoms with Crippen LogP contribution in [-0.4, -0.2) is 13.9 Å². The Morgan fingerprint density at radius 1 is 1.27 bits per heavy atom. The van der Waals surface area contributed by atoms with Crippen LogP contribution in [-0.2, 0) is 11.1 Å². The molecular weight excluding hydrogens is 214 g/mol. The molecule has 2 aromatic carbocycles. The molecule has 3 N–H and O–H groups in total. The molecule has 0 amide bonds. The SMILES string of the molecule is Nc1ccc(S(=O)[O-])c2cccc(O)c12. The predicted octanol–water partition coefficient (Wildman–Crippen LogP) is 1.37. The second-order valence-electron chi connectivity index (χ2n) is 3.09. The van der Waals surface area contributed by atoms with Crippen LogP contribution >= 0.6 is 0 Å². The topological polar surface area (TPSA) is 86.4 Å². The third-order valence-corrected chi connectivity index (χ3v) is 2.91. The molecule has 0 aliphatic carbocycles. The Kier molecular flexibility index (Phi) is 2.34. The van der Waals surface area contributed by atoms with Crippen LogP contribution in [0.1, 0.15) is 0 Å². The van der Waals surface area contributed by atoms with E-state index in [1.165, 1.54) is 18.2 Å². The number of hydrogen-bond acceptors (Lipinski definition) is 4. The molecule has 0 saturated carbocycles. The summed E-state index contributed by atoms with van der Waals surface area (Å²) in [5, 5.41) is 10.4. The number of hydrogen-bond donors (Lipinski definition) is 2. The lowest BCUT2D eigenvalue weighted by atomic mass is 10.1. The van der Waals surface area contributed by atoms with Gasteiger partial charge in [0, 0.05) is 21.4 Å². The number of aromatic hydroxyl groups is 1. The molecule has 78 valence electrons. The van der Waals surface area contributed by atoms with Crippen molar-refractivity contribution in [2.24, 2.45) is 0 Å². The predicted molar refractivity (Wildman–Crippen MR) is 57.2 cm³/mol. The van der Waals surface area contributed by atoms with Gasteiger partial charge in [0.2, 0.25) is 0 Å². The second-order valence-corrected chi connectivity index (χ2v) is 4.00. The maximum Gasteiger partial charge on any atom is 0.125 e. The highest BCUT2D eigenvalue weighted by molar-refractivity contribution is 7.79. The van der Waals surface area contributed by atoms with Gasteiger partial charge < -0.3 is 15.4 Å². The van der Waals surface area contributed by atoms with Gasteiger partial charge in [0.1, 0.15) is 5.75 Å². The minimum absolute atomic E-state index is 0.0164.